The van der Waals surface area contributed by atoms with Crippen molar-refractivity contribution in [2.24, 2.45) is 0 Å². The second kappa shape index (κ2) is 5.32. The summed E-state index contributed by atoms with van der Waals surface area (Å²) in [7, 11) is -3.82. The van der Waals surface area contributed by atoms with Gasteiger partial charge in [0.15, 0.2) is 0 Å². The Hall–Kier alpha value is -2.01. The fourth-order valence-corrected chi connectivity index (χ4v) is 2.64. The van der Waals surface area contributed by atoms with E-state index in [1.165, 1.54) is 24.3 Å². The second-order valence-electron chi connectivity index (χ2n) is 4.07. The normalized spacial score (nSPS) is 11.2. The molecule has 0 unspecified atom stereocenters. The molecule has 0 aromatic heterocycles. The Labute approximate surface area is 113 Å². The molecule has 0 amide bonds. The van der Waals surface area contributed by atoms with E-state index in [1.54, 1.807) is 12.1 Å². The molecule has 0 heterocycles. The number of nitrogens with two attached hydrogens (primary N) is 1. The summed E-state index contributed by atoms with van der Waals surface area (Å²) in [6.07, 6.45) is 0.702. The second-order valence-corrected chi connectivity index (χ2v) is 5.61. The van der Waals surface area contributed by atoms with E-state index in [9.17, 15) is 8.42 Å². The molecule has 2 aromatic carbocycles. The topological polar surface area (TPSA) is 69.4 Å². The molecule has 2 aromatic rings. The lowest BCUT2D eigenvalue weighted by molar-refractivity contribution is 0.483. The summed E-state index contributed by atoms with van der Waals surface area (Å²) in [6, 6.07) is 13.0. The third-order valence-corrected chi connectivity index (χ3v) is 3.97. The van der Waals surface area contributed by atoms with Crippen LogP contribution < -0.4 is 9.92 Å². The maximum absolute atomic E-state index is 12.1. The Balaban J connectivity index is 2.34. The Morgan fingerprint density at radius 1 is 1.05 bits per heavy atom. The minimum absolute atomic E-state index is 0.0904. The molecule has 0 radical (unpaired) electrons. The van der Waals surface area contributed by atoms with Crippen molar-refractivity contribution in [2.45, 2.75) is 18.2 Å². The molecule has 0 saturated heterocycles. The quantitative estimate of drug-likeness (QED) is 0.689. The van der Waals surface area contributed by atoms with Crippen LogP contribution in [0, 0.1) is 0 Å². The van der Waals surface area contributed by atoms with Crippen LogP contribution in [0.1, 0.15) is 12.5 Å². The van der Waals surface area contributed by atoms with Crippen molar-refractivity contribution in [3.63, 3.8) is 0 Å². The minimum Gasteiger partial charge on any atom is -0.399 e. The molecule has 4 nitrogen and oxygen atoms in total. The summed E-state index contributed by atoms with van der Waals surface area (Å²) in [5.41, 5.74) is 6.89. The third-order valence-electron chi connectivity index (χ3n) is 2.72. The number of aryl methyl sites for hydroxylation is 1. The van der Waals surface area contributed by atoms with Gasteiger partial charge in [-0.2, -0.15) is 8.42 Å². The highest BCUT2D eigenvalue weighted by atomic mass is 32.2. The van der Waals surface area contributed by atoms with Gasteiger partial charge in [0.25, 0.3) is 0 Å². The first kappa shape index (κ1) is 13.4. The van der Waals surface area contributed by atoms with Gasteiger partial charge in [0, 0.05) is 5.69 Å². The lowest BCUT2D eigenvalue weighted by Crippen LogP contribution is -2.10. The van der Waals surface area contributed by atoms with Gasteiger partial charge >= 0.3 is 10.1 Å². The van der Waals surface area contributed by atoms with Crippen LogP contribution in [-0.4, -0.2) is 8.42 Å². The third kappa shape index (κ3) is 3.06. The van der Waals surface area contributed by atoms with Crippen molar-refractivity contribution < 1.29 is 12.6 Å². The van der Waals surface area contributed by atoms with Gasteiger partial charge < -0.3 is 9.92 Å². The summed E-state index contributed by atoms with van der Waals surface area (Å²) in [6.45, 7) is 1.94. The molecule has 100 valence electrons. The average Bonchev–Trinajstić information content (AvgIpc) is 2.39. The lowest BCUT2D eigenvalue weighted by Gasteiger charge is -2.10. The molecule has 0 spiro atoms. The van der Waals surface area contributed by atoms with Crippen LogP contribution >= 0.6 is 0 Å². The summed E-state index contributed by atoms with van der Waals surface area (Å²) in [5, 5.41) is 0. The van der Waals surface area contributed by atoms with E-state index in [0.29, 0.717) is 17.9 Å². The van der Waals surface area contributed by atoms with Crippen LogP contribution in [0.3, 0.4) is 0 Å². The van der Waals surface area contributed by atoms with Crippen LogP contribution in [0.15, 0.2) is 53.4 Å². The van der Waals surface area contributed by atoms with Crippen LogP contribution in [-0.2, 0) is 16.5 Å². The van der Waals surface area contributed by atoms with Crippen molar-refractivity contribution >= 4 is 15.8 Å². The van der Waals surface area contributed by atoms with Crippen LogP contribution in [0.5, 0.6) is 5.75 Å². The number of nitrogen functional groups attached to an aromatic ring is 1. The molecular weight excluding hydrogens is 262 g/mol. The number of anilines is 1. The van der Waals surface area contributed by atoms with Crippen molar-refractivity contribution in [1.82, 2.24) is 0 Å². The average molecular weight is 277 g/mol. The zero-order valence-electron chi connectivity index (χ0n) is 10.5. The van der Waals surface area contributed by atoms with Gasteiger partial charge in [0.2, 0.25) is 0 Å². The lowest BCUT2D eigenvalue weighted by atomic mass is 10.1. The van der Waals surface area contributed by atoms with Crippen molar-refractivity contribution in [3.8, 4) is 5.75 Å². The van der Waals surface area contributed by atoms with E-state index in [-0.39, 0.29) is 4.90 Å². The zero-order valence-corrected chi connectivity index (χ0v) is 11.4. The molecule has 19 heavy (non-hydrogen) atoms. The van der Waals surface area contributed by atoms with Crippen LogP contribution in [0.25, 0.3) is 0 Å². The zero-order chi connectivity index (χ0) is 13.9. The largest absolute Gasteiger partial charge is 0.399 e. The molecule has 2 rings (SSSR count). The van der Waals surface area contributed by atoms with E-state index < -0.39 is 10.1 Å². The van der Waals surface area contributed by atoms with Gasteiger partial charge in [0.05, 0.1) is 0 Å². The van der Waals surface area contributed by atoms with Crippen LogP contribution in [0.4, 0.5) is 5.69 Å². The molecule has 0 bridgehead atoms. The molecule has 0 aliphatic rings. The van der Waals surface area contributed by atoms with Gasteiger partial charge in [-0.15, -0.1) is 0 Å². The molecule has 5 heteroatoms. The number of rotatable bonds is 4. The van der Waals surface area contributed by atoms with Crippen molar-refractivity contribution in [1.29, 1.82) is 0 Å². The SMILES string of the molecule is CCc1ccccc1OS(=O)(=O)c1ccc(N)cc1. The van der Waals surface area contributed by atoms with E-state index in [1.807, 2.05) is 19.1 Å². The maximum Gasteiger partial charge on any atom is 0.339 e. The van der Waals surface area contributed by atoms with E-state index in [2.05, 4.69) is 0 Å². The summed E-state index contributed by atoms with van der Waals surface area (Å²) in [4.78, 5) is 0.0904. The standard InChI is InChI=1S/C14H15NO3S/c1-2-11-5-3-4-6-14(11)18-19(16,17)13-9-7-12(15)8-10-13/h3-10H,2,15H2,1H3. The first-order chi connectivity index (χ1) is 9.03. The molecule has 0 saturated carbocycles. The highest BCUT2D eigenvalue weighted by molar-refractivity contribution is 7.87. The van der Waals surface area contributed by atoms with Crippen LogP contribution in [0.2, 0.25) is 0 Å². The van der Waals surface area contributed by atoms with Gasteiger partial charge in [0.1, 0.15) is 10.6 Å². The molecule has 2 N–H and O–H groups in total. The maximum atomic E-state index is 12.1. The van der Waals surface area contributed by atoms with Crippen molar-refractivity contribution in [3.05, 3.63) is 54.1 Å². The first-order valence-corrected chi connectivity index (χ1v) is 7.31. The fourth-order valence-electron chi connectivity index (χ4n) is 1.68. The van der Waals surface area contributed by atoms with Gasteiger partial charge in [-0.3, -0.25) is 0 Å². The van der Waals surface area contributed by atoms with E-state index >= 15 is 0 Å². The Morgan fingerprint density at radius 2 is 1.68 bits per heavy atom. The number of hydrogen-bond donors (Lipinski definition) is 1. The highest BCUT2D eigenvalue weighted by Gasteiger charge is 2.17. The Kier molecular flexibility index (Phi) is 3.76. The Morgan fingerprint density at radius 3 is 2.32 bits per heavy atom. The Bertz CT molecular complexity index is 663. The first-order valence-electron chi connectivity index (χ1n) is 5.91. The molecule has 0 fully saturated rings. The summed E-state index contributed by atoms with van der Waals surface area (Å²) < 4.78 is 29.4. The predicted octanol–water partition coefficient (Wildman–Crippen LogP) is 2.60. The molecule has 0 aliphatic heterocycles. The predicted molar refractivity (Wildman–Crippen MR) is 74.5 cm³/mol. The van der Waals surface area contributed by atoms with E-state index in [0.717, 1.165) is 5.56 Å². The fraction of sp³-hybridized carbons (Fsp3) is 0.143. The van der Waals surface area contributed by atoms with Gasteiger partial charge in [-0.25, -0.2) is 0 Å². The number of hydrogen-bond acceptors (Lipinski definition) is 4. The minimum atomic E-state index is -3.82. The number of para-hydroxylation sites is 1. The van der Waals surface area contributed by atoms with Gasteiger partial charge in [-0.05, 0) is 42.3 Å². The molecular formula is C14H15NO3S. The molecule has 0 aliphatic carbocycles. The highest BCUT2D eigenvalue weighted by Crippen LogP contribution is 2.23. The summed E-state index contributed by atoms with van der Waals surface area (Å²) in [5.74, 6) is 0.363. The monoisotopic (exact) mass is 277 g/mol. The summed E-state index contributed by atoms with van der Waals surface area (Å²) >= 11 is 0. The van der Waals surface area contributed by atoms with E-state index in [4.69, 9.17) is 9.92 Å². The number of benzene rings is 2. The van der Waals surface area contributed by atoms with Crippen molar-refractivity contribution in [2.75, 3.05) is 5.73 Å². The smallest absolute Gasteiger partial charge is 0.339 e. The molecule has 0 atom stereocenters. The van der Waals surface area contributed by atoms with Gasteiger partial charge in [-0.1, -0.05) is 25.1 Å².